The zero-order valence-corrected chi connectivity index (χ0v) is 14.2. The summed E-state index contributed by atoms with van der Waals surface area (Å²) in [6.07, 6.45) is 3.60. The van der Waals surface area contributed by atoms with E-state index in [4.69, 9.17) is 11.6 Å². The van der Waals surface area contributed by atoms with E-state index in [-0.39, 0.29) is 0 Å². The Morgan fingerprint density at radius 2 is 1.55 bits per heavy atom. The zero-order valence-electron chi connectivity index (χ0n) is 13.5. The largest absolute Gasteiger partial charge is 0.366 e. The van der Waals surface area contributed by atoms with Gasteiger partial charge in [0.1, 0.15) is 0 Å². The average molecular weight is 296 g/mol. The van der Waals surface area contributed by atoms with Crippen molar-refractivity contribution in [3.63, 3.8) is 0 Å². The van der Waals surface area contributed by atoms with Gasteiger partial charge in [0.25, 0.3) is 0 Å². The Hall–Kier alpha value is -0.830. The summed E-state index contributed by atoms with van der Waals surface area (Å²) in [5.41, 5.74) is 2.84. The Kier molecular flexibility index (Phi) is 4.03. The Bertz CT molecular complexity index is 493. The predicted octanol–water partition coefficient (Wildman–Crippen LogP) is 4.76. The normalized spacial score (nSPS) is 21.8. The standard InChI is InChI=1S/C16H26ClN3/c1-10-11(2)14(20-19-13(10)17)18-12-7-15(3,4)9-16(5,6)8-12/h12H,7-9H2,1-6H3,(H,18,20). The van der Waals surface area contributed by atoms with Crippen molar-refractivity contribution in [2.45, 2.75) is 66.8 Å². The summed E-state index contributed by atoms with van der Waals surface area (Å²) in [4.78, 5) is 0. The van der Waals surface area contributed by atoms with Gasteiger partial charge in [-0.1, -0.05) is 39.3 Å². The SMILES string of the molecule is Cc1c(Cl)nnc(NC2CC(C)(C)CC(C)(C)C2)c1C. The fourth-order valence-electron chi connectivity index (χ4n) is 3.85. The smallest absolute Gasteiger partial charge is 0.155 e. The van der Waals surface area contributed by atoms with Crippen molar-refractivity contribution in [3.05, 3.63) is 16.3 Å². The number of nitrogens with one attached hydrogen (secondary N) is 1. The lowest BCUT2D eigenvalue weighted by molar-refractivity contribution is 0.105. The summed E-state index contributed by atoms with van der Waals surface area (Å²) in [5.74, 6) is 0.880. The molecule has 1 aliphatic rings. The summed E-state index contributed by atoms with van der Waals surface area (Å²) in [6, 6.07) is 0.447. The second kappa shape index (κ2) is 5.18. The van der Waals surface area contributed by atoms with Crippen molar-refractivity contribution in [1.29, 1.82) is 0 Å². The van der Waals surface area contributed by atoms with Gasteiger partial charge in [-0.05, 0) is 55.1 Å². The number of aromatic nitrogens is 2. The monoisotopic (exact) mass is 295 g/mol. The quantitative estimate of drug-likeness (QED) is 0.854. The van der Waals surface area contributed by atoms with E-state index < -0.39 is 0 Å². The molecule has 20 heavy (non-hydrogen) atoms. The Labute approximate surface area is 127 Å². The summed E-state index contributed by atoms with van der Waals surface area (Å²) in [6.45, 7) is 13.5. The molecular formula is C16H26ClN3. The van der Waals surface area contributed by atoms with Crippen molar-refractivity contribution in [3.8, 4) is 0 Å². The third kappa shape index (κ3) is 3.43. The molecule has 1 heterocycles. The molecule has 1 aromatic heterocycles. The first-order chi connectivity index (χ1) is 9.10. The highest BCUT2D eigenvalue weighted by atomic mass is 35.5. The van der Waals surface area contributed by atoms with E-state index >= 15 is 0 Å². The van der Waals surface area contributed by atoms with Crippen molar-refractivity contribution < 1.29 is 0 Å². The van der Waals surface area contributed by atoms with Crippen LogP contribution in [0.25, 0.3) is 0 Å². The van der Waals surface area contributed by atoms with Crippen LogP contribution in [0.2, 0.25) is 5.15 Å². The van der Waals surface area contributed by atoms with Crippen molar-refractivity contribution in [2.24, 2.45) is 10.8 Å². The van der Waals surface area contributed by atoms with E-state index in [1.807, 2.05) is 6.92 Å². The topological polar surface area (TPSA) is 37.8 Å². The van der Waals surface area contributed by atoms with E-state index in [0.717, 1.165) is 16.9 Å². The Balaban J connectivity index is 2.20. The lowest BCUT2D eigenvalue weighted by atomic mass is 9.63. The number of anilines is 1. The summed E-state index contributed by atoms with van der Waals surface area (Å²) in [7, 11) is 0. The highest BCUT2D eigenvalue weighted by Crippen LogP contribution is 2.46. The highest BCUT2D eigenvalue weighted by molar-refractivity contribution is 6.30. The Morgan fingerprint density at radius 1 is 1.00 bits per heavy atom. The first kappa shape index (κ1) is 15.6. The molecule has 4 heteroatoms. The Morgan fingerprint density at radius 3 is 2.10 bits per heavy atom. The van der Waals surface area contributed by atoms with Gasteiger partial charge in [0.2, 0.25) is 0 Å². The number of nitrogens with zero attached hydrogens (tertiary/aromatic N) is 2. The van der Waals surface area contributed by atoms with E-state index in [0.29, 0.717) is 22.0 Å². The highest BCUT2D eigenvalue weighted by Gasteiger charge is 2.38. The molecule has 1 fully saturated rings. The minimum Gasteiger partial charge on any atom is -0.366 e. The minimum atomic E-state index is 0.363. The van der Waals surface area contributed by atoms with E-state index in [9.17, 15) is 0 Å². The third-order valence-electron chi connectivity index (χ3n) is 4.36. The molecule has 0 atom stereocenters. The van der Waals surface area contributed by atoms with Gasteiger partial charge in [0.05, 0.1) is 0 Å². The van der Waals surface area contributed by atoms with Gasteiger partial charge in [-0.15, -0.1) is 10.2 Å². The molecular weight excluding hydrogens is 270 g/mol. The molecule has 2 rings (SSSR count). The van der Waals surface area contributed by atoms with Crippen LogP contribution in [0.15, 0.2) is 0 Å². The van der Waals surface area contributed by atoms with Crippen molar-refractivity contribution in [2.75, 3.05) is 5.32 Å². The van der Waals surface area contributed by atoms with Crippen LogP contribution in [0.5, 0.6) is 0 Å². The molecule has 112 valence electrons. The van der Waals surface area contributed by atoms with Gasteiger partial charge >= 0.3 is 0 Å². The van der Waals surface area contributed by atoms with Crippen molar-refractivity contribution in [1.82, 2.24) is 10.2 Å². The van der Waals surface area contributed by atoms with Crippen LogP contribution in [-0.4, -0.2) is 16.2 Å². The molecule has 0 bridgehead atoms. The molecule has 1 aliphatic carbocycles. The molecule has 0 aliphatic heterocycles. The molecule has 1 aromatic rings. The maximum absolute atomic E-state index is 6.02. The van der Waals surface area contributed by atoms with Crippen LogP contribution >= 0.6 is 11.6 Å². The number of halogens is 1. The summed E-state index contributed by atoms with van der Waals surface area (Å²) < 4.78 is 0. The van der Waals surface area contributed by atoms with Crippen molar-refractivity contribution >= 4 is 17.4 Å². The van der Waals surface area contributed by atoms with Crippen LogP contribution in [0.4, 0.5) is 5.82 Å². The minimum absolute atomic E-state index is 0.363. The fraction of sp³-hybridized carbons (Fsp3) is 0.750. The second-order valence-electron chi connectivity index (χ2n) is 7.84. The summed E-state index contributed by atoms with van der Waals surface area (Å²) >= 11 is 6.02. The van der Waals surface area contributed by atoms with Gasteiger partial charge in [0.15, 0.2) is 11.0 Å². The first-order valence-electron chi connectivity index (χ1n) is 7.36. The molecule has 0 unspecified atom stereocenters. The van der Waals surface area contributed by atoms with Crippen LogP contribution in [0, 0.1) is 24.7 Å². The van der Waals surface area contributed by atoms with Gasteiger partial charge < -0.3 is 5.32 Å². The van der Waals surface area contributed by atoms with E-state index in [1.165, 1.54) is 19.3 Å². The summed E-state index contributed by atoms with van der Waals surface area (Å²) in [5, 5.41) is 12.4. The number of hydrogen-bond acceptors (Lipinski definition) is 3. The molecule has 0 saturated heterocycles. The molecule has 0 spiro atoms. The molecule has 0 amide bonds. The van der Waals surface area contributed by atoms with Crippen LogP contribution in [0.1, 0.15) is 58.1 Å². The molecule has 1 saturated carbocycles. The average Bonchev–Trinajstić information content (AvgIpc) is 2.26. The zero-order chi connectivity index (χ0) is 15.1. The van der Waals surface area contributed by atoms with Gasteiger partial charge in [-0.2, -0.15) is 0 Å². The maximum atomic E-state index is 6.02. The second-order valence-corrected chi connectivity index (χ2v) is 8.20. The third-order valence-corrected chi connectivity index (χ3v) is 4.72. The lowest BCUT2D eigenvalue weighted by Crippen LogP contribution is -2.40. The van der Waals surface area contributed by atoms with E-state index in [1.54, 1.807) is 0 Å². The van der Waals surface area contributed by atoms with Gasteiger partial charge in [0, 0.05) is 6.04 Å². The molecule has 1 N–H and O–H groups in total. The molecule has 0 radical (unpaired) electrons. The predicted molar refractivity (Wildman–Crippen MR) is 85.3 cm³/mol. The number of rotatable bonds is 2. The van der Waals surface area contributed by atoms with Crippen LogP contribution in [0.3, 0.4) is 0 Å². The van der Waals surface area contributed by atoms with Gasteiger partial charge in [-0.3, -0.25) is 0 Å². The lowest BCUT2D eigenvalue weighted by Gasteiger charge is -2.45. The van der Waals surface area contributed by atoms with Crippen LogP contribution < -0.4 is 5.32 Å². The first-order valence-corrected chi connectivity index (χ1v) is 7.73. The molecule has 0 aromatic carbocycles. The molecule has 3 nitrogen and oxygen atoms in total. The number of hydrogen-bond donors (Lipinski definition) is 1. The fourth-order valence-corrected chi connectivity index (χ4v) is 4.03. The van der Waals surface area contributed by atoms with Crippen LogP contribution in [-0.2, 0) is 0 Å². The van der Waals surface area contributed by atoms with Gasteiger partial charge in [-0.25, -0.2) is 0 Å². The maximum Gasteiger partial charge on any atom is 0.155 e. The van der Waals surface area contributed by atoms with E-state index in [2.05, 4.69) is 50.1 Å².